The van der Waals surface area contributed by atoms with Gasteiger partial charge in [0.05, 0.1) is 13.2 Å². The van der Waals surface area contributed by atoms with Gasteiger partial charge in [-0.1, -0.05) is 6.07 Å². The number of amides is 1. The molecule has 114 valence electrons. The lowest BCUT2D eigenvalue weighted by Gasteiger charge is -2.17. The van der Waals surface area contributed by atoms with E-state index in [4.69, 9.17) is 9.47 Å². The predicted octanol–water partition coefficient (Wildman–Crippen LogP) is 1.95. The van der Waals surface area contributed by atoms with Crippen LogP contribution in [0.4, 0.5) is 0 Å². The van der Waals surface area contributed by atoms with Crippen molar-refractivity contribution in [1.29, 1.82) is 0 Å². The molecule has 3 rings (SSSR count). The quantitative estimate of drug-likeness (QED) is 0.870. The lowest BCUT2D eigenvalue weighted by Crippen LogP contribution is -2.32. The lowest BCUT2D eigenvalue weighted by molar-refractivity contribution is -0.119. The number of nitrogens with one attached hydrogen (secondary N) is 2. The number of hydrogen-bond donors (Lipinski definition) is 2. The van der Waals surface area contributed by atoms with E-state index >= 15 is 0 Å². The second-order valence-electron chi connectivity index (χ2n) is 5.81. The molecule has 2 N–H and O–H groups in total. The standard InChI is InChI=1S/C16H22N2O3/c1-20-14-7-6-11(8-12-10-16(19)18-17-12)9-15(14)21-13-4-2-3-5-13/h6-7,9,12-13,17H,2-5,8,10H2,1H3,(H,18,19). The van der Waals surface area contributed by atoms with Crippen molar-refractivity contribution in [1.82, 2.24) is 10.9 Å². The molecule has 0 aromatic heterocycles. The zero-order chi connectivity index (χ0) is 14.7. The molecule has 1 heterocycles. The monoisotopic (exact) mass is 290 g/mol. The van der Waals surface area contributed by atoms with Gasteiger partial charge in [0.15, 0.2) is 11.5 Å². The van der Waals surface area contributed by atoms with Crippen molar-refractivity contribution >= 4 is 5.91 Å². The third kappa shape index (κ3) is 3.47. The highest BCUT2D eigenvalue weighted by molar-refractivity contribution is 5.78. The molecule has 1 saturated heterocycles. The van der Waals surface area contributed by atoms with Crippen LogP contribution in [0, 0.1) is 0 Å². The van der Waals surface area contributed by atoms with Gasteiger partial charge in [-0.25, -0.2) is 5.43 Å². The van der Waals surface area contributed by atoms with Gasteiger partial charge in [-0.05, 0) is 49.8 Å². The molecule has 1 unspecified atom stereocenters. The average Bonchev–Trinajstić information content (AvgIpc) is 3.11. The van der Waals surface area contributed by atoms with Crippen LogP contribution in [-0.4, -0.2) is 25.2 Å². The van der Waals surface area contributed by atoms with Crippen molar-refractivity contribution in [3.63, 3.8) is 0 Å². The Labute approximate surface area is 125 Å². The van der Waals surface area contributed by atoms with Crippen LogP contribution < -0.4 is 20.3 Å². The Morgan fingerprint density at radius 2 is 2.05 bits per heavy atom. The molecule has 0 radical (unpaired) electrons. The zero-order valence-electron chi connectivity index (χ0n) is 12.4. The first kappa shape index (κ1) is 14.2. The van der Waals surface area contributed by atoms with Gasteiger partial charge >= 0.3 is 0 Å². The van der Waals surface area contributed by atoms with Crippen LogP contribution in [0.15, 0.2) is 18.2 Å². The third-order valence-corrected chi connectivity index (χ3v) is 4.15. The van der Waals surface area contributed by atoms with Gasteiger partial charge in [-0.3, -0.25) is 10.2 Å². The molecule has 1 aromatic carbocycles. The van der Waals surface area contributed by atoms with Crippen LogP contribution >= 0.6 is 0 Å². The van der Waals surface area contributed by atoms with E-state index in [2.05, 4.69) is 10.9 Å². The first-order valence-corrected chi connectivity index (χ1v) is 7.62. The molecule has 5 nitrogen and oxygen atoms in total. The molecule has 5 heteroatoms. The van der Waals surface area contributed by atoms with Crippen molar-refractivity contribution in [2.45, 2.75) is 50.7 Å². The first-order chi connectivity index (χ1) is 10.2. The third-order valence-electron chi connectivity index (χ3n) is 4.15. The van der Waals surface area contributed by atoms with Crippen molar-refractivity contribution in [3.8, 4) is 11.5 Å². The predicted molar refractivity (Wildman–Crippen MR) is 79.3 cm³/mol. The number of methoxy groups -OCH3 is 1. The number of rotatable bonds is 5. The summed E-state index contributed by atoms with van der Waals surface area (Å²) >= 11 is 0. The molecule has 1 aromatic rings. The minimum absolute atomic E-state index is 0.0518. The second-order valence-corrected chi connectivity index (χ2v) is 5.81. The number of carbonyl (C=O) groups excluding carboxylic acids is 1. The smallest absolute Gasteiger partial charge is 0.235 e. The highest BCUT2D eigenvalue weighted by Crippen LogP contribution is 2.32. The van der Waals surface area contributed by atoms with E-state index in [0.717, 1.165) is 36.3 Å². The molecule has 2 aliphatic rings. The van der Waals surface area contributed by atoms with Gasteiger partial charge in [-0.2, -0.15) is 0 Å². The molecule has 1 aliphatic heterocycles. The van der Waals surface area contributed by atoms with E-state index in [1.807, 2.05) is 18.2 Å². The molecule has 0 spiro atoms. The molecular weight excluding hydrogens is 268 g/mol. The van der Waals surface area contributed by atoms with E-state index in [9.17, 15) is 4.79 Å². The van der Waals surface area contributed by atoms with Gasteiger partial charge in [0.1, 0.15) is 0 Å². The Balaban J connectivity index is 1.70. The number of hydrogen-bond acceptors (Lipinski definition) is 4. The largest absolute Gasteiger partial charge is 0.493 e. The Morgan fingerprint density at radius 1 is 1.24 bits per heavy atom. The number of carbonyl (C=O) groups is 1. The summed E-state index contributed by atoms with van der Waals surface area (Å²) in [6.07, 6.45) is 6.35. The Morgan fingerprint density at radius 3 is 2.71 bits per heavy atom. The fraction of sp³-hybridized carbons (Fsp3) is 0.562. The summed E-state index contributed by atoms with van der Waals surface area (Å²) in [6.45, 7) is 0. The lowest BCUT2D eigenvalue weighted by atomic mass is 10.0. The SMILES string of the molecule is COc1ccc(CC2CC(=O)NN2)cc1OC1CCCC1. The normalized spacial score (nSPS) is 22.3. The van der Waals surface area contributed by atoms with E-state index < -0.39 is 0 Å². The maximum absolute atomic E-state index is 11.2. The van der Waals surface area contributed by atoms with E-state index in [1.165, 1.54) is 12.8 Å². The van der Waals surface area contributed by atoms with Crippen molar-refractivity contribution < 1.29 is 14.3 Å². The van der Waals surface area contributed by atoms with Gasteiger partial charge in [0.25, 0.3) is 0 Å². The summed E-state index contributed by atoms with van der Waals surface area (Å²) in [4.78, 5) is 11.2. The van der Waals surface area contributed by atoms with Gasteiger partial charge < -0.3 is 9.47 Å². The minimum atomic E-state index is 0.0518. The zero-order valence-corrected chi connectivity index (χ0v) is 12.4. The highest BCUT2D eigenvalue weighted by Gasteiger charge is 2.22. The van der Waals surface area contributed by atoms with E-state index in [0.29, 0.717) is 12.5 Å². The highest BCUT2D eigenvalue weighted by atomic mass is 16.5. The summed E-state index contributed by atoms with van der Waals surface area (Å²) in [5, 5.41) is 0. The second kappa shape index (κ2) is 6.35. The van der Waals surface area contributed by atoms with Crippen molar-refractivity contribution in [2.75, 3.05) is 7.11 Å². The fourth-order valence-electron chi connectivity index (χ4n) is 3.04. The van der Waals surface area contributed by atoms with Crippen molar-refractivity contribution in [2.24, 2.45) is 0 Å². The Kier molecular flexibility index (Phi) is 4.29. The van der Waals surface area contributed by atoms with E-state index in [1.54, 1.807) is 7.11 Å². The number of hydrazine groups is 1. The molecule has 0 bridgehead atoms. The van der Waals surface area contributed by atoms with Crippen LogP contribution in [-0.2, 0) is 11.2 Å². The molecule has 1 saturated carbocycles. The van der Waals surface area contributed by atoms with E-state index in [-0.39, 0.29) is 11.9 Å². The maximum Gasteiger partial charge on any atom is 0.235 e. The summed E-state index contributed by atoms with van der Waals surface area (Å²) in [5.41, 5.74) is 6.80. The van der Waals surface area contributed by atoms with Crippen LogP contribution in [0.1, 0.15) is 37.7 Å². The summed E-state index contributed by atoms with van der Waals surface area (Å²) < 4.78 is 11.5. The maximum atomic E-state index is 11.2. The molecule has 1 aliphatic carbocycles. The minimum Gasteiger partial charge on any atom is -0.493 e. The Bertz CT molecular complexity index is 512. The average molecular weight is 290 g/mol. The topological polar surface area (TPSA) is 59.6 Å². The van der Waals surface area contributed by atoms with Gasteiger partial charge in [0, 0.05) is 12.5 Å². The molecule has 21 heavy (non-hydrogen) atoms. The van der Waals surface area contributed by atoms with Crippen LogP contribution in [0.2, 0.25) is 0 Å². The number of benzene rings is 1. The summed E-state index contributed by atoms with van der Waals surface area (Å²) in [7, 11) is 1.66. The fourth-order valence-corrected chi connectivity index (χ4v) is 3.04. The van der Waals surface area contributed by atoms with Crippen molar-refractivity contribution in [3.05, 3.63) is 23.8 Å². The summed E-state index contributed by atoms with van der Waals surface area (Å²) in [6, 6.07) is 6.17. The van der Waals surface area contributed by atoms with Crippen LogP contribution in [0.25, 0.3) is 0 Å². The van der Waals surface area contributed by atoms with Crippen LogP contribution in [0.3, 0.4) is 0 Å². The van der Waals surface area contributed by atoms with Gasteiger partial charge in [0.2, 0.25) is 5.91 Å². The molecular formula is C16H22N2O3. The van der Waals surface area contributed by atoms with Crippen LogP contribution in [0.5, 0.6) is 11.5 Å². The summed E-state index contributed by atoms with van der Waals surface area (Å²) in [5.74, 6) is 1.65. The molecule has 2 fully saturated rings. The molecule has 1 amide bonds. The number of ether oxygens (including phenoxy) is 2. The Hall–Kier alpha value is -1.75. The van der Waals surface area contributed by atoms with Gasteiger partial charge in [-0.15, -0.1) is 0 Å². The first-order valence-electron chi connectivity index (χ1n) is 7.62. The molecule has 1 atom stereocenters.